The van der Waals surface area contributed by atoms with Crippen molar-refractivity contribution in [1.29, 1.82) is 0 Å². The molecule has 32 heavy (non-hydrogen) atoms. The van der Waals surface area contributed by atoms with Gasteiger partial charge in [0.2, 0.25) is 0 Å². The standard InChI is InChI=1S/C18H13F3N4O3S.CH2O2/c19-18(20,21)28-12-5-3-11(4-6-12)17(24-16(26)14-10-23-25-29-14)7-9-27-13-2-1-8-22-15(13)17;2-1-3/h1-6,8,10H,7,9H2,(H,24,26);1H,(H,2,3)/t17-;/m0./s1. The van der Waals surface area contributed by atoms with Gasteiger partial charge >= 0.3 is 6.36 Å². The van der Waals surface area contributed by atoms with E-state index in [1.165, 1.54) is 30.5 Å². The molecule has 2 aromatic heterocycles. The molecule has 9 nitrogen and oxygen atoms in total. The van der Waals surface area contributed by atoms with Gasteiger partial charge in [0.1, 0.15) is 27.6 Å². The summed E-state index contributed by atoms with van der Waals surface area (Å²) in [4.78, 5) is 25.8. The Labute approximate surface area is 183 Å². The van der Waals surface area contributed by atoms with Crippen molar-refractivity contribution in [2.45, 2.75) is 18.3 Å². The van der Waals surface area contributed by atoms with Crippen molar-refractivity contribution >= 4 is 23.9 Å². The number of ether oxygens (including phenoxy) is 2. The van der Waals surface area contributed by atoms with E-state index in [1.54, 1.807) is 18.3 Å². The summed E-state index contributed by atoms with van der Waals surface area (Å²) < 4.78 is 50.7. The number of aromatic nitrogens is 3. The van der Waals surface area contributed by atoms with E-state index >= 15 is 0 Å². The molecule has 3 aromatic rings. The Balaban J connectivity index is 0.000000913. The zero-order valence-corrected chi connectivity index (χ0v) is 16.9. The first-order chi connectivity index (χ1) is 15.3. The van der Waals surface area contributed by atoms with Gasteiger partial charge in [-0.15, -0.1) is 18.3 Å². The van der Waals surface area contributed by atoms with Crippen LogP contribution in [0.5, 0.6) is 11.5 Å². The van der Waals surface area contributed by atoms with Gasteiger partial charge in [0.05, 0.1) is 12.8 Å². The van der Waals surface area contributed by atoms with Crippen LogP contribution in [0.4, 0.5) is 13.2 Å². The third-order valence-electron chi connectivity index (χ3n) is 4.40. The Hall–Kier alpha value is -3.74. The summed E-state index contributed by atoms with van der Waals surface area (Å²) in [5.74, 6) is -0.297. The normalized spacial score (nSPS) is 17.1. The van der Waals surface area contributed by atoms with Crippen LogP contribution in [0.2, 0.25) is 0 Å². The second-order valence-corrected chi connectivity index (χ2v) is 7.05. The van der Waals surface area contributed by atoms with Gasteiger partial charge in [0.25, 0.3) is 12.4 Å². The highest BCUT2D eigenvalue weighted by molar-refractivity contribution is 7.07. The van der Waals surface area contributed by atoms with Gasteiger partial charge in [0, 0.05) is 12.6 Å². The molecule has 1 aliphatic rings. The molecular weight excluding hydrogens is 453 g/mol. The Morgan fingerprint density at radius 3 is 2.62 bits per heavy atom. The monoisotopic (exact) mass is 468 g/mol. The number of carbonyl (C=O) groups excluding carboxylic acids is 1. The van der Waals surface area contributed by atoms with Gasteiger partial charge in [-0.3, -0.25) is 14.6 Å². The van der Waals surface area contributed by atoms with E-state index in [4.69, 9.17) is 14.6 Å². The van der Waals surface area contributed by atoms with Crippen molar-refractivity contribution in [3.63, 3.8) is 0 Å². The Morgan fingerprint density at radius 2 is 2.00 bits per heavy atom. The number of hydrogen-bond acceptors (Lipinski definition) is 8. The van der Waals surface area contributed by atoms with Crippen LogP contribution in [-0.4, -0.2) is 45.0 Å². The number of amides is 1. The van der Waals surface area contributed by atoms with Crippen molar-refractivity contribution in [1.82, 2.24) is 19.9 Å². The molecule has 0 unspecified atom stereocenters. The summed E-state index contributed by atoms with van der Waals surface area (Å²) in [5, 5.41) is 13.5. The smallest absolute Gasteiger partial charge is 0.491 e. The highest BCUT2D eigenvalue weighted by Crippen LogP contribution is 2.41. The van der Waals surface area contributed by atoms with Crippen LogP contribution in [0, 0.1) is 0 Å². The average Bonchev–Trinajstić information content (AvgIpc) is 3.29. The Morgan fingerprint density at radius 1 is 1.28 bits per heavy atom. The summed E-state index contributed by atoms with van der Waals surface area (Å²) >= 11 is 0.934. The van der Waals surface area contributed by atoms with Gasteiger partial charge in [0.15, 0.2) is 0 Å². The van der Waals surface area contributed by atoms with E-state index in [-0.39, 0.29) is 18.8 Å². The molecule has 1 aromatic carbocycles. The number of alkyl halides is 3. The average molecular weight is 468 g/mol. The number of rotatable bonds is 4. The second kappa shape index (κ2) is 9.60. The molecule has 0 fully saturated rings. The number of fused-ring (bicyclic) bond motifs is 1. The molecule has 0 saturated carbocycles. The molecule has 0 bridgehead atoms. The maximum absolute atomic E-state index is 12.8. The van der Waals surface area contributed by atoms with Crippen LogP contribution >= 0.6 is 11.5 Å². The number of nitrogens with one attached hydrogen (secondary N) is 1. The number of halogens is 3. The maximum atomic E-state index is 12.8. The van der Waals surface area contributed by atoms with Gasteiger partial charge in [-0.25, -0.2) is 0 Å². The molecule has 1 atom stereocenters. The van der Waals surface area contributed by atoms with E-state index in [1.807, 2.05) is 0 Å². The minimum absolute atomic E-state index is 0.250. The van der Waals surface area contributed by atoms with Crippen molar-refractivity contribution in [3.8, 4) is 11.5 Å². The van der Waals surface area contributed by atoms with Crippen LogP contribution in [0.3, 0.4) is 0 Å². The number of pyridine rings is 1. The summed E-state index contributed by atoms with van der Waals surface area (Å²) in [7, 11) is 0. The quantitative estimate of drug-likeness (QED) is 0.560. The number of carbonyl (C=O) groups is 2. The summed E-state index contributed by atoms with van der Waals surface area (Å²) in [6, 6.07) is 8.75. The summed E-state index contributed by atoms with van der Waals surface area (Å²) in [6.45, 7) is 0.0285. The SMILES string of the molecule is O=C(N[C@]1(c2ccc(OC(F)(F)F)cc2)CCOc2cccnc21)c1cnns1.O=CO. The molecule has 0 spiro atoms. The van der Waals surface area contributed by atoms with Crippen molar-refractivity contribution in [2.75, 3.05) is 6.61 Å². The molecule has 1 aliphatic heterocycles. The van der Waals surface area contributed by atoms with Crippen LogP contribution in [0.15, 0.2) is 48.8 Å². The lowest BCUT2D eigenvalue weighted by atomic mass is 9.81. The first-order valence-electron chi connectivity index (χ1n) is 8.91. The maximum Gasteiger partial charge on any atom is 0.573 e. The first-order valence-corrected chi connectivity index (χ1v) is 9.69. The fourth-order valence-corrected chi connectivity index (χ4v) is 3.61. The lowest BCUT2D eigenvalue weighted by molar-refractivity contribution is -0.274. The van der Waals surface area contributed by atoms with Crippen molar-refractivity contribution in [3.05, 3.63) is 64.9 Å². The molecule has 2 N–H and O–H groups in total. The number of hydrogen-bond donors (Lipinski definition) is 2. The third kappa shape index (κ3) is 5.11. The fraction of sp³-hybridized carbons (Fsp3) is 0.211. The van der Waals surface area contributed by atoms with Gasteiger partial charge < -0.3 is 19.9 Å². The molecule has 168 valence electrons. The highest BCUT2D eigenvalue weighted by Gasteiger charge is 2.43. The van der Waals surface area contributed by atoms with Crippen molar-refractivity contribution in [2.24, 2.45) is 0 Å². The highest BCUT2D eigenvalue weighted by atomic mass is 32.1. The third-order valence-corrected chi connectivity index (χ3v) is 5.07. The Kier molecular flexibility index (Phi) is 6.88. The van der Waals surface area contributed by atoms with Crippen LogP contribution in [0.25, 0.3) is 0 Å². The predicted octanol–water partition coefficient (Wildman–Crippen LogP) is 2.99. The second-order valence-electron chi connectivity index (χ2n) is 6.27. The zero-order chi connectivity index (χ0) is 23.2. The predicted molar refractivity (Wildman–Crippen MR) is 104 cm³/mol. The van der Waals surface area contributed by atoms with E-state index in [0.29, 0.717) is 28.3 Å². The number of nitrogens with zero attached hydrogens (tertiary/aromatic N) is 3. The van der Waals surface area contributed by atoms with E-state index in [9.17, 15) is 18.0 Å². The number of benzene rings is 1. The van der Waals surface area contributed by atoms with Crippen molar-refractivity contribution < 1.29 is 37.3 Å². The first kappa shape index (κ1) is 22.9. The largest absolute Gasteiger partial charge is 0.573 e. The topological polar surface area (TPSA) is 124 Å². The fourth-order valence-electron chi connectivity index (χ4n) is 3.20. The molecular formula is C19H15F3N4O5S. The lowest BCUT2D eigenvalue weighted by Gasteiger charge is -2.38. The van der Waals surface area contributed by atoms with Crippen LogP contribution in [-0.2, 0) is 10.3 Å². The molecule has 3 heterocycles. The minimum atomic E-state index is -4.79. The zero-order valence-electron chi connectivity index (χ0n) is 16.1. The van der Waals surface area contributed by atoms with E-state index in [0.717, 1.165) is 11.5 Å². The van der Waals surface area contributed by atoms with Crippen LogP contribution in [0.1, 0.15) is 27.3 Å². The molecule has 1 amide bonds. The van der Waals surface area contributed by atoms with Gasteiger partial charge in [-0.05, 0) is 41.4 Å². The molecule has 0 aliphatic carbocycles. The lowest BCUT2D eigenvalue weighted by Crippen LogP contribution is -2.50. The number of carboxylic acid groups (broad SMARTS) is 1. The Bertz CT molecular complexity index is 1060. The van der Waals surface area contributed by atoms with E-state index in [2.05, 4.69) is 24.6 Å². The summed E-state index contributed by atoms with van der Waals surface area (Å²) in [5.41, 5.74) is -0.102. The molecule has 4 rings (SSSR count). The summed E-state index contributed by atoms with van der Waals surface area (Å²) in [6.07, 6.45) is -1.57. The molecule has 0 radical (unpaired) electrons. The van der Waals surface area contributed by atoms with Gasteiger partial charge in [-0.1, -0.05) is 16.6 Å². The molecule has 13 heteroatoms. The van der Waals surface area contributed by atoms with Crippen LogP contribution < -0.4 is 14.8 Å². The van der Waals surface area contributed by atoms with Gasteiger partial charge in [-0.2, -0.15) is 0 Å². The minimum Gasteiger partial charge on any atom is -0.491 e. The molecule has 0 saturated heterocycles. The van der Waals surface area contributed by atoms with E-state index < -0.39 is 17.8 Å².